The first-order chi connectivity index (χ1) is 7.17. The summed E-state index contributed by atoms with van der Waals surface area (Å²) in [6.07, 6.45) is 0. The standard InChI is InChI=1S/C9H10N2O4/c1-6-2-7(9(13)15-10)4-8(3-6)11-14-5-12/h2-5,11H,10H2,1H3. The number of anilines is 1. The summed E-state index contributed by atoms with van der Waals surface area (Å²) < 4.78 is 0. The maximum Gasteiger partial charge on any atom is 0.356 e. The zero-order valence-corrected chi connectivity index (χ0v) is 8.02. The Balaban J connectivity index is 2.94. The lowest BCUT2D eigenvalue weighted by Crippen LogP contribution is -2.11. The first-order valence-electron chi connectivity index (χ1n) is 4.05. The van der Waals surface area contributed by atoms with Crippen molar-refractivity contribution in [2.24, 2.45) is 5.90 Å². The molecule has 0 aliphatic rings. The van der Waals surface area contributed by atoms with Crippen LogP contribution in [0.5, 0.6) is 0 Å². The first kappa shape index (κ1) is 11.0. The second-order valence-corrected chi connectivity index (χ2v) is 2.81. The molecule has 0 amide bonds. The number of rotatable bonds is 4. The van der Waals surface area contributed by atoms with Crippen LogP contribution in [0.1, 0.15) is 15.9 Å². The first-order valence-corrected chi connectivity index (χ1v) is 4.05. The lowest BCUT2D eigenvalue weighted by atomic mass is 10.1. The summed E-state index contributed by atoms with van der Waals surface area (Å²) in [5.41, 5.74) is 3.87. The van der Waals surface area contributed by atoms with Crippen molar-refractivity contribution in [2.75, 3.05) is 5.48 Å². The van der Waals surface area contributed by atoms with Crippen LogP contribution in [0, 0.1) is 6.92 Å². The molecule has 0 unspecified atom stereocenters. The Morgan fingerprint density at radius 3 is 2.80 bits per heavy atom. The lowest BCUT2D eigenvalue weighted by molar-refractivity contribution is -0.126. The number of hydrogen-bond donors (Lipinski definition) is 2. The SMILES string of the molecule is Cc1cc(NOC=O)cc(C(=O)ON)c1. The van der Waals surface area contributed by atoms with Crippen LogP contribution in [-0.4, -0.2) is 12.4 Å². The molecule has 6 nitrogen and oxygen atoms in total. The molecule has 3 N–H and O–H groups in total. The lowest BCUT2D eigenvalue weighted by Gasteiger charge is -2.06. The van der Waals surface area contributed by atoms with Crippen LogP contribution in [0.3, 0.4) is 0 Å². The smallest absolute Gasteiger partial charge is 0.356 e. The van der Waals surface area contributed by atoms with Gasteiger partial charge in [-0.15, -0.1) is 0 Å². The van der Waals surface area contributed by atoms with Crippen molar-refractivity contribution in [2.45, 2.75) is 6.92 Å². The summed E-state index contributed by atoms with van der Waals surface area (Å²) in [6, 6.07) is 4.74. The molecular weight excluding hydrogens is 200 g/mol. The molecule has 1 rings (SSSR count). The van der Waals surface area contributed by atoms with Gasteiger partial charge >= 0.3 is 12.4 Å². The van der Waals surface area contributed by atoms with E-state index in [1.165, 1.54) is 6.07 Å². The Hall–Kier alpha value is -2.08. The van der Waals surface area contributed by atoms with Crippen molar-refractivity contribution in [3.05, 3.63) is 29.3 Å². The monoisotopic (exact) mass is 210 g/mol. The van der Waals surface area contributed by atoms with Gasteiger partial charge < -0.3 is 9.68 Å². The van der Waals surface area contributed by atoms with Gasteiger partial charge in [0.2, 0.25) is 0 Å². The van der Waals surface area contributed by atoms with E-state index in [0.717, 1.165) is 5.56 Å². The summed E-state index contributed by atoms with van der Waals surface area (Å²) in [5.74, 6) is 4.09. The summed E-state index contributed by atoms with van der Waals surface area (Å²) in [4.78, 5) is 29.5. The van der Waals surface area contributed by atoms with Gasteiger partial charge in [-0.1, -0.05) is 0 Å². The maximum atomic E-state index is 11.1. The van der Waals surface area contributed by atoms with E-state index in [4.69, 9.17) is 5.90 Å². The predicted octanol–water partition coefficient (Wildman–Crippen LogP) is 0.525. The van der Waals surface area contributed by atoms with Crippen molar-refractivity contribution >= 4 is 18.1 Å². The van der Waals surface area contributed by atoms with Crippen molar-refractivity contribution in [1.29, 1.82) is 0 Å². The number of benzene rings is 1. The van der Waals surface area contributed by atoms with Gasteiger partial charge in [0.1, 0.15) is 0 Å². The molecule has 15 heavy (non-hydrogen) atoms. The van der Waals surface area contributed by atoms with Gasteiger partial charge in [0.05, 0.1) is 11.3 Å². The molecule has 0 aromatic heterocycles. The second kappa shape index (κ2) is 4.97. The Morgan fingerprint density at radius 1 is 1.47 bits per heavy atom. The minimum atomic E-state index is -0.659. The number of aryl methyl sites for hydroxylation is 1. The van der Waals surface area contributed by atoms with Crippen LogP contribution < -0.4 is 11.4 Å². The van der Waals surface area contributed by atoms with Gasteiger partial charge in [0.25, 0.3) is 0 Å². The zero-order valence-electron chi connectivity index (χ0n) is 8.02. The summed E-state index contributed by atoms with van der Waals surface area (Å²) >= 11 is 0. The molecule has 1 aromatic carbocycles. The van der Waals surface area contributed by atoms with Gasteiger partial charge in [-0.3, -0.25) is 4.79 Å². The third-order valence-electron chi connectivity index (χ3n) is 1.64. The summed E-state index contributed by atoms with van der Waals surface area (Å²) in [6.45, 7) is 2.02. The molecule has 0 bridgehead atoms. The predicted molar refractivity (Wildman–Crippen MR) is 51.6 cm³/mol. The molecule has 0 saturated heterocycles. The van der Waals surface area contributed by atoms with E-state index in [-0.39, 0.29) is 12.0 Å². The van der Waals surface area contributed by atoms with Gasteiger partial charge in [-0.25, -0.2) is 10.3 Å². The van der Waals surface area contributed by atoms with Crippen LogP contribution >= 0.6 is 0 Å². The Labute approximate surface area is 85.9 Å². The largest absolute Gasteiger partial charge is 0.370 e. The fourth-order valence-corrected chi connectivity index (χ4v) is 1.12. The molecule has 0 spiro atoms. The van der Waals surface area contributed by atoms with E-state index in [0.29, 0.717) is 5.69 Å². The molecule has 0 saturated carbocycles. The number of nitrogens with two attached hydrogens (primary N) is 1. The Bertz CT molecular complexity index is 378. The van der Waals surface area contributed by atoms with Gasteiger partial charge in [0, 0.05) is 0 Å². The van der Waals surface area contributed by atoms with E-state index >= 15 is 0 Å². The molecule has 6 heteroatoms. The average Bonchev–Trinajstić information content (AvgIpc) is 2.24. The van der Waals surface area contributed by atoms with Crippen LogP contribution in [0.4, 0.5) is 5.69 Å². The molecular formula is C9H10N2O4. The van der Waals surface area contributed by atoms with Crippen LogP contribution in [0.15, 0.2) is 18.2 Å². The van der Waals surface area contributed by atoms with E-state index < -0.39 is 5.97 Å². The van der Waals surface area contributed by atoms with Gasteiger partial charge in [-0.2, -0.15) is 5.90 Å². The number of carbonyl (C=O) groups excluding carboxylic acids is 2. The van der Waals surface area contributed by atoms with Crippen LogP contribution in [0.2, 0.25) is 0 Å². The molecule has 1 aromatic rings. The molecule has 0 radical (unpaired) electrons. The highest BCUT2D eigenvalue weighted by atomic mass is 16.7. The van der Waals surface area contributed by atoms with Crippen molar-refractivity contribution in [1.82, 2.24) is 0 Å². The normalized spacial score (nSPS) is 9.20. The number of hydrogen-bond acceptors (Lipinski definition) is 6. The van der Waals surface area contributed by atoms with E-state index in [2.05, 4.69) is 15.2 Å². The van der Waals surface area contributed by atoms with E-state index in [9.17, 15) is 9.59 Å². The van der Waals surface area contributed by atoms with Crippen LogP contribution in [0.25, 0.3) is 0 Å². The molecule has 80 valence electrons. The number of nitrogens with one attached hydrogen (secondary N) is 1. The molecule has 0 aliphatic heterocycles. The average molecular weight is 210 g/mol. The highest BCUT2D eigenvalue weighted by molar-refractivity contribution is 5.90. The van der Waals surface area contributed by atoms with Crippen molar-refractivity contribution < 1.29 is 19.3 Å². The molecule has 0 fully saturated rings. The third-order valence-corrected chi connectivity index (χ3v) is 1.64. The fraction of sp³-hybridized carbons (Fsp3) is 0.111. The number of carbonyl (C=O) groups is 2. The summed E-state index contributed by atoms with van der Waals surface area (Å²) in [7, 11) is 0. The highest BCUT2D eigenvalue weighted by Gasteiger charge is 2.07. The zero-order chi connectivity index (χ0) is 11.3. The van der Waals surface area contributed by atoms with Crippen LogP contribution in [-0.2, 0) is 14.5 Å². The fourth-order valence-electron chi connectivity index (χ4n) is 1.12. The van der Waals surface area contributed by atoms with Crippen molar-refractivity contribution in [3.8, 4) is 0 Å². The van der Waals surface area contributed by atoms with Gasteiger partial charge in [-0.05, 0) is 30.7 Å². The minimum Gasteiger partial charge on any atom is -0.370 e. The van der Waals surface area contributed by atoms with E-state index in [1.807, 2.05) is 0 Å². The Kier molecular flexibility index (Phi) is 3.64. The highest BCUT2D eigenvalue weighted by Crippen LogP contribution is 2.14. The van der Waals surface area contributed by atoms with Crippen molar-refractivity contribution in [3.63, 3.8) is 0 Å². The molecule has 0 atom stereocenters. The Morgan fingerprint density at radius 2 is 2.20 bits per heavy atom. The minimum absolute atomic E-state index is 0.239. The third kappa shape index (κ3) is 2.96. The summed E-state index contributed by atoms with van der Waals surface area (Å²) in [5, 5.41) is 0. The topological polar surface area (TPSA) is 90.6 Å². The quantitative estimate of drug-likeness (QED) is 0.556. The van der Waals surface area contributed by atoms with E-state index in [1.54, 1.807) is 19.1 Å². The van der Waals surface area contributed by atoms with Gasteiger partial charge in [0.15, 0.2) is 0 Å². The molecule has 0 heterocycles. The maximum absolute atomic E-state index is 11.1. The molecule has 0 aliphatic carbocycles. The second-order valence-electron chi connectivity index (χ2n) is 2.81.